The van der Waals surface area contributed by atoms with Crippen molar-refractivity contribution < 1.29 is 18.4 Å². The number of amides is 2. The van der Waals surface area contributed by atoms with Crippen LogP contribution in [0.2, 0.25) is 0 Å². The zero-order valence-electron chi connectivity index (χ0n) is 15.6. The van der Waals surface area contributed by atoms with Gasteiger partial charge in [0, 0.05) is 12.4 Å². The van der Waals surface area contributed by atoms with E-state index in [0.717, 1.165) is 28.6 Å². The molecule has 5 nitrogen and oxygen atoms in total. The van der Waals surface area contributed by atoms with Crippen LogP contribution < -0.4 is 10.6 Å². The Balaban J connectivity index is 1.96. The lowest BCUT2D eigenvalue weighted by Gasteiger charge is -2.19. The Bertz CT molecular complexity index is 1080. The number of aryl methyl sites for hydroxylation is 2. The fourth-order valence-electron chi connectivity index (χ4n) is 2.95. The molecular weight excluding hydrogens is 364 g/mol. The lowest BCUT2D eigenvalue weighted by Crippen LogP contribution is -2.39. The number of benzene rings is 2. The van der Waals surface area contributed by atoms with Gasteiger partial charge in [0.15, 0.2) is 11.6 Å². The van der Waals surface area contributed by atoms with Crippen LogP contribution in [0.1, 0.15) is 33.2 Å². The van der Waals surface area contributed by atoms with Crippen molar-refractivity contribution in [3.05, 3.63) is 76.5 Å². The number of hydrogen-bond donors (Lipinski definition) is 2. The van der Waals surface area contributed by atoms with E-state index in [2.05, 4.69) is 15.6 Å². The summed E-state index contributed by atoms with van der Waals surface area (Å²) in [5, 5.41) is 5.79. The zero-order chi connectivity index (χ0) is 20.4. The Kier molecular flexibility index (Phi) is 5.35. The van der Waals surface area contributed by atoms with Crippen molar-refractivity contribution in [2.24, 2.45) is 0 Å². The predicted octanol–water partition coefficient (Wildman–Crippen LogP) is 3.35. The molecule has 0 aliphatic carbocycles. The number of carbonyl (C=O) groups excluding carboxylic acids is 2. The average Bonchev–Trinajstić information content (AvgIpc) is 2.67. The molecule has 2 amide bonds. The molecule has 0 fully saturated rings. The van der Waals surface area contributed by atoms with E-state index < -0.39 is 29.5 Å². The Morgan fingerprint density at radius 1 is 1.00 bits per heavy atom. The minimum atomic E-state index is -1.18. The Labute approximate surface area is 160 Å². The summed E-state index contributed by atoms with van der Waals surface area (Å²) in [6, 6.07) is 9.27. The number of nitrogens with one attached hydrogen (secondary N) is 2. The van der Waals surface area contributed by atoms with Crippen molar-refractivity contribution in [2.45, 2.75) is 19.9 Å². The van der Waals surface area contributed by atoms with Gasteiger partial charge in [-0.1, -0.05) is 18.2 Å². The molecule has 2 N–H and O–H groups in total. The summed E-state index contributed by atoms with van der Waals surface area (Å²) >= 11 is 0. The molecule has 0 spiro atoms. The topological polar surface area (TPSA) is 71.1 Å². The predicted molar refractivity (Wildman–Crippen MR) is 102 cm³/mol. The highest BCUT2D eigenvalue weighted by molar-refractivity contribution is 6.01. The maximum absolute atomic E-state index is 13.6. The third-order valence-electron chi connectivity index (χ3n) is 4.47. The van der Waals surface area contributed by atoms with Gasteiger partial charge in [-0.25, -0.2) is 8.78 Å². The van der Waals surface area contributed by atoms with Gasteiger partial charge in [0.1, 0.15) is 6.04 Å². The highest BCUT2D eigenvalue weighted by atomic mass is 19.2. The number of nitrogens with zero attached hydrogens (tertiary/aromatic N) is 1. The molecule has 2 aromatic carbocycles. The Morgan fingerprint density at radius 3 is 2.43 bits per heavy atom. The van der Waals surface area contributed by atoms with Gasteiger partial charge in [-0.05, 0) is 49.2 Å². The molecule has 28 heavy (non-hydrogen) atoms. The average molecular weight is 383 g/mol. The number of hydrogen-bond acceptors (Lipinski definition) is 3. The summed E-state index contributed by atoms with van der Waals surface area (Å²) in [6.45, 7) is 3.65. The summed E-state index contributed by atoms with van der Waals surface area (Å²) in [6.07, 6.45) is 0. The fraction of sp³-hybridized carbons (Fsp3) is 0.190. The fourth-order valence-corrected chi connectivity index (χ4v) is 2.95. The Hall–Kier alpha value is -3.35. The van der Waals surface area contributed by atoms with Gasteiger partial charge in [-0.2, -0.15) is 0 Å². The first-order chi connectivity index (χ1) is 13.3. The van der Waals surface area contributed by atoms with Crippen LogP contribution in [0.5, 0.6) is 0 Å². The molecule has 1 atom stereocenters. The van der Waals surface area contributed by atoms with Crippen LogP contribution in [-0.2, 0) is 4.79 Å². The second-order valence-electron chi connectivity index (χ2n) is 6.51. The molecule has 0 radical (unpaired) electrons. The molecule has 0 saturated carbocycles. The van der Waals surface area contributed by atoms with Crippen LogP contribution in [0.25, 0.3) is 10.9 Å². The van der Waals surface area contributed by atoms with E-state index in [0.29, 0.717) is 11.3 Å². The van der Waals surface area contributed by atoms with Gasteiger partial charge in [0.25, 0.3) is 5.91 Å². The number of rotatable bonds is 4. The van der Waals surface area contributed by atoms with Gasteiger partial charge in [-0.15, -0.1) is 0 Å². The summed E-state index contributed by atoms with van der Waals surface area (Å²) in [7, 11) is 1.40. The number of pyridine rings is 1. The highest BCUT2D eigenvalue weighted by Crippen LogP contribution is 2.21. The van der Waals surface area contributed by atoms with Crippen LogP contribution in [0, 0.1) is 25.5 Å². The first kappa shape index (κ1) is 19.4. The molecule has 0 aliphatic rings. The van der Waals surface area contributed by atoms with E-state index in [-0.39, 0.29) is 5.56 Å². The Morgan fingerprint density at radius 2 is 1.75 bits per heavy atom. The van der Waals surface area contributed by atoms with E-state index in [1.165, 1.54) is 13.1 Å². The van der Waals surface area contributed by atoms with Crippen molar-refractivity contribution in [1.29, 1.82) is 0 Å². The number of halogens is 2. The van der Waals surface area contributed by atoms with Crippen LogP contribution in [0.15, 0.2) is 42.5 Å². The third-order valence-corrected chi connectivity index (χ3v) is 4.47. The largest absolute Gasteiger partial charge is 0.357 e. The van der Waals surface area contributed by atoms with Gasteiger partial charge in [0.2, 0.25) is 5.91 Å². The molecule has 0 bridgehead atoms. The molecule has 1 heterocycles. The number of likely N-dealkylation sites (N-methyl/N-ethyl adjacent to an activating group) is 1. The lowest BCUT2D eigenvalue weighted by atomic mass is 10.0. The van der Waals surface area contributed by atoms with Gasteiger partial charge >= 0.3 is 0 Å². The molecule has 0 aliphatic heterocycles. The van der Waals surface area contributed by atoms with Gasteiger partial charge in [0.05, 0.1) is 16.8 Å². The summed E-state index contributed by atoms with van der Waals surface area (Å²) in [5.74, 6) is -3.22. The molecule has 0 saturated heterocycles. The standard InChI is InChI=1S/C21H19F2N3O2/c1-11-4-5-13-9-15(12(2)25-18(13)8-11)20(27)26-19(21(28)24-3)14-6-7-16(22)17(23)10-14/h4-10,19H,1-3H3,(H,24,28)(H,26,27). The van der Waals surface area contributed by atoms with Crippen molar-refractivity contribution in [1.82, 2.24) is 15.6 Å². The molecule has 3 aromatic rings. The van der Waals surface area contributed by atoms with Crippen molar-refractivity contribution in [3.8, 4) is 0 Å². The first-order valence-electron chi connectivity index (χ1n) is 8.65. The number of fused-ring (bicyclic) bond motifs is 1. The summed E-state index contributed by atoms with van der Waals surface area (Å²) in [5.41, 5.74) is 2.74. The molecule has 3 rings (SSSR count). The molecule has 1 unspecified atom stereocenters. The number of aromatic nitrogens is 1. The van der Waals surface area contributed by atoms with Crippen LogP contribution in [0.3, 0.4) is 0 Å². The van der Waals surface area contributed by atoms with Gasteiger partial charge < -0.3 is 10.6 Å². The van der Waals surface area contributed by atoms with E-state index in [1.54, 1.807) is 13.0 Å². The molecule has 144 valence electrons. The summed E-state index contributed by atoms with van der Waals surface area (Å²) in [4.78, 5) is 29.5. The van der Waals surface area contributed by atoms with Crippen molar-refractivity contribution in [2.75, 3.05) is 7.05 Å². The van der Waals surface area contributed by atoms with E-state index >= 15 is 0 Å². The third kappa shape index (κ3) is 3.83. The summed E-state index contributed by atoms with van der Waals surface area (Å²) < 4.78 is 26.8. The monoisotopic (exact) mass is 383 g/mol. The van der Waals surface area contributed by atoms with Crippen LogP contribution >= 0.6 is 0 Å². The minimum absolute atomic E-state index is 0.133. The smallest absolute Gasteiger partial charge is 0.254 e. The van der Waals surface area contributed by atoms with Gasteiger partial charge in [-0.3, -0.25) is 14.6 Å². The second-order valence-corrected chi connectivity index (χ2v) is 6.51. The minimum Gasteiger partial charge on any atom is -0.357 e. The SMILES string of the molecule is CNC(=O)C(NC(=O)c1cc2ccc(C)cc2nc1C)c1ccc(F)c(F)c1. The van der Waals surface area contributed by atoms with Crippen LogP contribution in [-0.4, -0.2) is 23.8 Å². The molecular formula is C21H19F2N3O2. The quantitative estimate of drug-likeness (QED) is 0.726. The maximum Gasteiger partial charge on any atom is 0.254 e. The lowest BCUT2D eigenvalue weighted by molar-refractivity contribution is -0.122. The first-order valence-corrected chi connectivity index (χ1v) is 8.65. The maximum atomic E-state index is 13.6. The van der Waals surface area contributed by atoms with Crippen LogP contribution in [0.4, 0.5) is 8.78 Å². The number of carbonyl (C=O) groups is 2. The van der Waals surface area contributed by atoms with Crippen molar-refractivity contribution >= 4 is 22.7 Å². The highest BCUT2D eigenvalue weighted by Gasteiger charge is 2.24. The normalized spacial score (nSPS) is 11.9. The molecule has 1 aromatic heterocycles. The van der Waals surface area contributed by atoms with E-state index in [4.69, 9.17) is 0 Å². The molecule has 7 heteroatoms. The second kappa shape index (κ2) is 7.72. The van der Waals surface area contributed by atoms with E-state index in [1.807, 2.05) is 25.1 Å². The van der Waals surface area contributed by atoms with E-state index in [9.17, 15) is 18.4 Å². The zero-order valence-corrected chi connectivity index (χ0v) is 15.6. The van der Waals surface area contributed by atoms with Crippen molar-refractivity contribution in [3.63, 3.8) is 0 Å².